The van der Waals surface area contributed by atoms with Crippen molar-refractivity contribution in [1.82, 2.24) is 14.5 Å². The van der Waals surface area contributed by atoms with Crippen molar-refractivity contribution in [2.45, 2.75) is 20.4 Å². The zero-order valence-electron chi connectivity index (χ0n) is 8.74. The topological polar surface area (TPSA) is 30.7 Å². The number of pyridine rings is 1. The van der Waals surface area contributed by atoms with Crippen LogP contribution in [-0.4, -0.2) is 14.5 Å². The minimum absolute atomic E-state index is 0.462. The van der Waals surface area contributed by atoms with E-state index >= 15 is 0 Å². The summed E-state index contributed by atoms with van der Waals surface area (Å²) < 4.78 is 15.1. The van der Waals surface area contributed by atoms with Crippen molar-refractivity contribution in [3.05, 3.63) is 36.2 Å². The molecule has 0 atom stereocenters. The van der Waals surface area contributed by atoms with Crippen LogP contribution < -0.4 is 0 Å². The number of hydrogen-bond donors (Lipinski definition) is 0. The zero-order valence-corrected chi connectivity index (χ0v) is 8.74. The monoisotopic (exact) mass is 205 g/mol. The molecule has 0 amide bonds. The minimum atomic E-state index is -0.462. The zero-order chi connectivity index (χ0) is 10.8. The Hall–Kier alpha value is -1.71. The van der Waals surface area contributed by atoms with Gasteiger partial charge in [-0.2, -0.15) is 4.39 Å². The maximum Gasteiger partial charge on any atom is 0.213 e. The molecule has 0 aliphatic carbocycles. The molecule has 0 bridgehead atoms. The Bertz CT molecular complexity index is 456. The van der Waals surface area contributed by atoms with Gasteiger partial charge in [0.15, 0.2) is 0 Å². The lowest BCUT2D eigenvalue weighted by atomic mass is 10.2. The fraction of sp³-hybridized carbons (Fsp3) is 0.273. The Morgan fingerprint density at radius 2 is 2.20 bits per heavy atom. The molecule has 0 aromatic carbocycles. The molecule has 0 spiro atoms. The molecular weight excluding hydrogens is 193 g/mol. The van der Waals surface area contributed by atoms with E-state index in [1.165, 1.54) is 6.07 Å². The second-order valence-corrected chi connectivity index (χ2v) is 3.36. The van der Waals surface area contributed by atoms with Gasteiger partial charge in [0.1, 0.15) is 5.82 Å². The fourth-order valence-corrected chi connectivity index (χ4v) is 1.58. The smallest absolute Gasteiger partial charge is 0.213 e. The summed E-state index contributed by atoms with van der Waals surface area (Å²) in [5.41, 5.74) is 1.43. The Labute approximate surface area is 87.6 Å². The number of hydrogen-bond acceptors (Lipinski definition) is 2. The summed E-state index contributed by atoms with van der Waals surface area (Å²) in [7, 11) is 0. The van der Waals surface area contributed by atoms with E-state index in [9.17, 15) is 4.39 Å². The molecule has 0 aliphatic rings. The van der Waals surface area contributed by atoms with Gasteiger partial charge in [0.05, 0.1) is 0 Å². The van der Waals surface area contributed by atoms with Crippen LogP contribution in [0, 0.1) is 12.9 Å². The van der Waals surface area contributed by atoms with Crippen molar-refractivity contribution in [3.63, 3.8) is 0 Å². The highest BCUT2D eigenvalue weighted by Crippen LogP contribution is 2.18. The summed E-state index contributed by atoms with van der Waals surface area (Å²) in [6.45, 7) is 4.61. The van der Waals surface area contributed by atoms with E-state index < -0.39 is 5.95 Å². The first-order chi connectivity index (χ1) is 7.20. The van der Waals surface area contributed by atoms with Crippen LogP contribution in [-0.2, 0) is 6.54 Å². The lowest BCUT2D eigenvalue weighted by Crippen LogP contribution is -1.98. The number of aryl methyl sites for hydroxylation is 2. The maximum atomic E-state index is 13.1. The first-order valence-electron chi connectivity index (χ1n) is 4.86. The Balaban J connectivity index is 2.53. The second-order valence-electron chi connectivity index (χ2n) is 3.36. The van der Waals surface area contributed by atoms with Crippen molar-refractivity contribution >= 4 is 0 Å². The first kappa shape index (κ1) is 9.83. The average molecular weight is 205 g/mol. The number of nitrogens with zero attached hydrogens (tertiary/aromatic N) is 3. The van der Waals surface area contributed by atoms with Crippen LogP contribution in [0.4, 0.5) is 4.39 Å². The number of aromatic nitrogens is 3. The Kier molecular flexibility index (Phi) is 2.49. The van der Waals surface area contributed by atoms with E-state index in [0.29, 0.717) is 5.69 Å². The summed E-state index contributed by atoms with van der Waals surface area (Å²) in [5.74, 6) is 0.317. The molecule has 0 N–H and O–H groups in total. The number of rotatable bonds is 2. The number of halogens is 1. The summed E-state index contributed by atoms with van der Waals surface area (Å²) in [6, 6.07) is 3.24. The molecule has 2 aromatic rings. The maximum absolute atomic E-state index is 13.1. The van der Waals surface area contributed by atoms with E-state index in [2.05, 4.69) is 9.97 Å². The molecule has 2 heterocycles. The molecule has 3 nitrogen and oxygen atoms in total. The van der Waals surface area contributed by atoms with E-state index in [0.717, 1.165) is 17.9 Å². The van der Waals surface area contributed by atoms with Gasteiger partial charge in [-0.15, -0.1) is 0 Å². The van der Waals surface area contributed by atoms with Crippen LogP contribution in [0.1, 0.15) is 12.6 Å². The van der Waals surface area contributed by atoms with Crippen molar-refractivity contribution < 1.29 is 4.39 Å². The molecule has 0 saturated heterocycles. The molecule has 2 aromatic heterocycles. The van der Waals surface area contributed by atoms with Gasteiger partial charge in [0.25, 0.3) is 0 Å². The number of imidazole rings is 1. The van der Waals surface area contributed by atoms with Crippen molar-refractivity contribution in [2.24, 2.45) is 0 Å². The SMILES string of the molecule is CCn1ccnc1-c1cc(C)nc(F)c1. The molecule has 78 valence electrons. The van der Waals surface area contributed by atoms with E-state index in [1.807, 2.05) is 23.8 Å². The van der Waals surface area contributed by atoms with Gasteiger partial charge in [0.2, 0.25) is 5.95 Å². The quantitative estimate of drug-likeness (QED) is 0.705. The standard InChI is InChI=1S/C11H12FN3/c1-3-15-5-4-13-11(15)9-6-8(2)14-10(12)7-9/h4-7H,3H2,1-2H3. The third-order valence-corrected chi connectivity index (χ3v) is 2.24. The third-order valence-electron chi connectivity index (χ3n) is 2.24. The van der Waals surface area contributed by atoms with Crippen molar-refractivity contribution in [3.8, 4) is 11.4 Å². The highest BCUT2D eigenvalue weighted by atomic mass is 19.1. The second kappa shape index (κ2) is 3.81. The summed E-state index contributed by atoms with van der Waals surface area (Å²) in [5, 5.41) is 0. The third kappa shape index (κ3) is 1.88. The predicted octanol–water partition coefficient (Wildman–Crippen LogP) is 2.41. The average Bonchev–Trinajstić information content (AvgIpc) is 2.63. The van der Waals surface area contributed by atoms with Crippen molar-refractivity contribution in [2.75, 3.05) is 0 Å². The highest BCUT2D eigenvalue weighted by molar-refractivity contribution is 5.55. The van der Waals surface area contributed by atoms with E-state index in [-0.39, 0.29) is 0 Å². The lowest BCUT2D eigenvalue weighted by molar-refractivity contribution is 0.580. The Morgan fingerprint density at radius 1 is 1.40 bits per heavy atom. The Morgan fingerprint density at radius 3 is 2.87 bits per heavy atom. The van der Waals surface area contributed by atoms with Gasteiger partial charge in [0, 0.05) is 36.3 Å². The van der Waals surface area contributed by atoms with Gasteiger partial charge >= 0.3 is 0 Å². The molecule has 15 heavy (non-hydrogen) atoms. The van der Waals surface area contributed by atoms with Gasteiger partial charge in [-0.3, -0.25) is 0 Å². The van der Waals surface area contributed by atoms with Gasteiger partial charge < -0.3 is 4.57 Å². The molecule has 0 radical (unpaired) electrons. The predicted molar refractivity (Wildman–Crippen MR) is 55.8 cm³/mol. The molecule has 0 unspecified atom stereocenters. The molecule has 0 aliphatic heterocycles. The van der Waals surface area contributed by atoms with Crippen LogP contribution in [0.2, 0.25) is 0 Å². The van der Waals surface area contributed by atoms with Gasteiger partial charge in [-0.1, -0.05) is 0 Å². The lowest BCUT2D eigenvalue weighted by Gasteiger charge is -2.05. The summed E-state index contributed by atoms with van der Waals surface area (Å²) in [4.78, 5) is 7.90. The fourth-order valence-electron chi connectivity index (χ4n) is 1.58. The summed E-state index contributed by atoms with van der Waals surface area (Å²) >= 11 is 0. The summed E-state index contributed by atoms with van der Waals surface area (Å²) in [6.07, 6.45) is 3.59. The van der Waals surface area contributed by atoms with Crippen LogP contribution >= 0.6 is 0 Å². The molecular formula is C11H12FN3. The normalized spacial score (nSPS) is 10.6. The van der Waals surface area contributed by atoms with Gasteiger partial charge in [-0.25, -0.2) is 9.97 Å². The largest absolute Gasteiger partial charge is 0.331 e. The minimum Gasteiger partial charge on any atom is -0.331 e. The van der Waals surface area contributed by atoms with Gasteiger partial charge in [-0.05, 0) is 19.9 Å². The van der Waals surface area contributed by atoms with E-state index in [4.69, 9.17) is 0 Å². The van der Waals surface area contributed by atoms with Crippen LogP contribution in [0.5, 0.6) is 0 Å². The van der Waals surface area contributed by atoms with Crippen LogP contribution in [0.15, 0.2) is 24.5 Å². The first-order valence-corrected chi connectivity index (χ1v) is 4.86. The molecule has 0 saturated carbocycles. The molecule has 2 rings (SSSR count). The highest BCUT2D eigenvalue weighted by Gasteiger charge is 2.07. The van der Waals surface area contributed by atoms with Crippen molar-refractivity contribution in [1.29, 1.82) is 0 Å². The van der Waals surface area contributed by atoms with E-state index in [1.54, 1.807) is 13.1 Å². The molecule has 0 fully saturated rings. The van der Waals surface area contributed by atoms with Crippen LogP contribution in [0.3, 0.4) is 0 Å². The molecule has 4 heteroatoms. The van der Waals surface area contributed by atoms with Crippen LogP contribution in [0.25, 0.3) is 11.4 Å².